The normalized spacial score (nSPS) is 26.9. The van der Waals surface area contributed by atoms with Gasteiger partial charge in [-0.1, -0.05) is 18.6 Å². The molecule has 1 amide bonds. The Bertz CT molecular complexity index is 544. The second-order valence-corrected chi connectivity index (χ2v) is 6.77. The fourth-order valence-electron chi connectivity index (χ4n) is 3.67. The van der Waals surface area contributed by atoms with Crippen LogP contribution in [0.1, 0.15) is 31.2 Å². The molecule has 1 atom stereocenters. The van der Waals surface area contributed by atoms with Crippen LogP contribution in [-0.2, 0) is 4.79 Å². The first-order valence-corrected chi connectivity index (χ1v) is 7.68. The highest BCUT2D eigenvalue weighted by atomic mass is 16.5. The molecule has 3 nitrogen and oxygen atoms in total. The zero-order valence-corrected chi connectivity index (χ0v) is 12.0. The fourth-order valence-corrected chi connectivity index (χ4v) is 3.67. The molecule has 3 fully saturated rings. The maximum absolute atomic E-state index is 12.3. The molecule has 3 aliphatic rings. The Balaban J connectivity index is 1.28. The number of likely N-dealkylation sites (tertiary alicyclic amines) is 1. The molecule has 2 aliphatic carbocycles. The molecule has 1 spiro atoms. The van der Waals surface area contributed by atoms with Crippen molar-refractivity contribution in [3.63, 3.8) is 0 Å². The van der Waals surface area contributed by atoms with Gasteiger partial charge in [0.25, 0.3) is 0 Å². The monoisotopic (exact) mass is 271 g/mol. The van der Waals surface area contributed by atoms with Gasteiger partial charge in [0.15, 0.2) is 0 Å². The van der Waals surface area contributed by atoms with E-state index in [1.165, 1.54) is 24.8 Å². The number of amides is 1. The van der Waals surface area contributed by atoms with Crippen molar-refractivity contribution < 1.29 is 9.53 Å². The van der Waals surface area contributed by atoms with Gasteiger partial charge in [-0.2, -0.15) is 0 Å². The molecule has 3 heteroatoms. The fraction of sp³-hybridized carbons (Fsp3) is 0.588. The van der Waals surface area contributed by atoms with E-state index in [4.69, 9.17) is 4.74 Å². The molecule has 0 radical (unpaired) electrons. The van der Waals surface area contributed by atoms with Gasteiger partial charge < -0.3 is 9.64 Å². The lowest BCUT2D eigenvalue weighted by molar-refractivity contribution is -0.142. The van der Waals surface area contributed by atoms with Crippen LogP contribution in [0.2, 0.25) is 0 Å². The van der Waals surface area contributed by atoms with Crippen molar-refractivity contribution in [3.05, 3.63) is 29.8 Å². The lowest BCUT2D eigenvalue weighted by atomic mass is 9.79. The Morgan fingerprint density at radius 3 is 2.75 bits per heavy atom. The van der Waals surface area contributed by atoms with Crippen LogP contribution in [0.5, 0.6) is 5.75 Å². The first-order chi connectivity index (χ1) is 9.66. The van der Waals surface area contributed by atoms with Crippen molar-refractivity contribution in [1.82, 2.24) is 4.90 Å². The van der Waals surface area contributed by atoms with Crippen molar-refractivity contribution in [2.24, 2.45) is 11.3 Å². The number of aryl methyl sites for hydroxylation is 1. The number of hydrogen-bond donors (Lipinski definition) is 0. The van der Waals surface area contributed by atoms with Crippen molar-refractivity contribution in [2.75, 3.05) is 13.1 Å². The largest absolute Gasteiger partial charge is 0.487 e. The number of rotatable bonds is 3. The second kappa shape index (κ2) is 4.24. The molecule has 1 unspecified atom stereocenters. The predicted octanol–water partition coefficient (Wildman–Crippen LogP) is 2.77. The highest BCUT2D eigenvalue weighted by molar-refractivity contribution is 5.83. The number of hydrogen-bond acceptors (Lipinski definition) is 2. The van der Waals surface area contributed by atoms with Crippen LogP contribution >= 0.6 is 0 Å². The Labute approximate surface area is 119 Å². The Hall–Kier alpha value is -1.51. The molecule has 1 saturated heterocycles. The summed E-state index contributed by atoms with van der Waals surface area (Å²) in [6.45, 7) is 3.59. The number of carbonyl (C=O) groups excluding carboxylic acids is 1. The minimum absolute atomic E-state index is 0.178. The zero-order valence-electron chi connectivity index (χ0n) is 12.0. The maximum atomic E-state index is 12.3. The molecule has 106 valence electrons. The molecule has 4 rings (SSSR count). The summed E-state index contributed by atoms with van der Waals surface area (Å²) >= 11 is 0. The number of ether oxygens (including phenoxy) is 1. The number of benzene rings is 1. The van der Waals surface area contributed by atoms with Gasteiger partial charge in [-0.3, -0.25) is 4.79 Å². The van der Waals surface area contributed by atoms with Crippen LogP contribution in [0.25, 0.3) is 0 Å². The Morgan fingerprint density at radius 2 is 2.15 bits per heavy atom. The minimum atomic E-state index is 0.178. The molecular formula is C17H21NO2. The van der Waals surface area contributed by atoms with Gasteiger partial charge in [0.05, 0.1) is 13.1 Å². The smallest absolute Gasteiger partial charge is 0.226 e. The molecule has 2 saturated carbocycles. The molecule has 0 aromatic heterocycles. The summed E-state index contributed by atoms with van der Waals surface area (Å²) in [6, 6.07) is 8.11. The predicted molar refractivity (Wildman–Crippen MR) is 76.6 cm³/mol. The molecule has 0 N–H and O–H groups in total. The van der Waals surface area contributed by atoms with Crippen molar-refractivity contribution in [1.29, 1.82) is 0 Å². The Morgan fingerprint density at radius 1 is 1.35 bits per heavy atom. The molecule has 1 heterocycles. The quantitative estimate of drug-likeness (QED) is 0.846. The number of carbonyl (C=O) groups is 1. The molecular weight excluding hydrogens is 250 g/mol. The first kappa shape index (κ1) is 12.2. The summed E-state index contributed by atoms with van der Waals surface area (Å²) in [4.78, 5) is 14.3. The third-order valence-corrected chi connectivity index (χ3v) is 5.29. The van der Waals surface area contributed by atoms with Crippen LogP contribution in [0.3, 0.4) is 0 Å². The summed E-state index contributed by atoms with van der Waals surface area (Å²) in [5.74, 6) is 1.65. The molecule has 1 aromatic rings. The van der Waals surface area contributed by atoms with Crippen LogP contribution in [0, 0.1) is 18.3 Å². The lowest BCUT2D eigenvalue weighted by Crippen LogP contribution is -2.57. The van der Waals surface area contributed by atoms with Crippen molar-refractivity contribution >= 4 is 5.91 Å². The van der Waals surface area contributed by atoms with E-state index in [1.807, 2.05) is 17.0 Å². The van der Waals surface area contributed by atoms with Gasteiger partial charge in [-0.05, 0) is 49.3 Å². The van der Waals surface area contributed by atoms with Gasteiger partial charge in [-0.25, -0.2) is 0 Å². The number of nitrogens with zero attached hydrogens (tertiary/aromatic N) is 1. The van der Waals surface area contributed by atoms with E-state index >= 15 is 0 Å². The van der Waals surface area contributed by atoms with Crippen LogP contribution in [0.4, 0.5) is 0 Å². The van der Waals surface area contributed by atoms with Gasteiger partial charge in [0.2, 0.25) is 5.91 Å². The van der Waals surface area contributed by atoms with Crippen LogP contribution in [-0.4, -0.2) is 30.0 Å². The summed E-state index contributed by atoms with van der Waals surface area (Å²) < 4.78 is 5.91. The Kier molecular flexibility index (Phi) is 2.60. The van der Waals surface area contributed by atoms with Gasteiger partial charge in [-0.15, -0.1) is 0 Å². The third kappa shape index (κ3) is 1.91. The first-order valence-electron chi connectivity index (χ1n) is 7.68. The summed E-state index contributed by atoms with van der Waals surface area (Å²) in [5.41, 5.74) is 1.65. The summed E-state index contributed by atoms with van der Waals surface area (Å²) in [6.07, 6.45) is 5.20. The van der Waals surface area contributed by atoms with E-state index in [-0.39, 0.29) is 6.10 Å². The van der Waals surface area contributed by atoms with E-state index in [0.29, 0.717) is 17.2 Å². The maximum Gasteiger partial charge on any atom is 0.226 e. The SMILES string of the molecule is Cc1cccc(OC2CN(C(=O)C3CC34CCC4)C2)c1. The van der Waals surface area contributed by atoms with Crippen LogP contribution in [0.15, 0.2) is 24.3 Å². The average molecular weight is 271 g/mol. The molecule has 1 aromatic carbocycles. The van der Waals surface area contributed by atoms with E-state index in [2.05, 4.69) is 19.1 Å². The minimum Gasteiger partial charge on any atom is -0.487 e. The lowest BCUT2D eigenvalue weighted by Gasteiger charge is -2.40. The third-order valence-electron chi connectivity index (χ3n) is 5.29. The molecule has 0 bridgehead atoms. The summed E-state index contributed by atoms with van der Waals surface area (Å²) in [7, 11) is 0. The van der Waals surface area contributed by atoms with Gasteiger partial charge in [0.1, 0.15) is 11.9 Å². The highest BCUT2D eigenvalue weighted by Gasteiger charge is 2.62. The highest BCUT2D eigenvalue weighted by Crippen LogP contribution is 2.66. The second-order valence-electron chi connectivity index (χ2n) is 6.77. The molecule has 1 aliphatic heterocycles. The van der Waals surface area contributed by atoms with Crippen molar-refractivity contribution in [3.8, 4) is 5.75 Å². The van der Waals surface area contributed by atoms with E-state index < -0.39 is 0 Å². The zero-order chi connectivity index (χ0) is 13.7. The standard InChI is InChI=1S/C17H21NO2/c1-12-4-2-5-13(8-12)20-14-10-18(11-14)16(19)15-9-17(15)6-3-7-17/h2,4-5,8,14-15H,3,6-7,9-11H2,1H3. The van der Waals surface area contributed by atoms with Crippen molar-refractivity contribution in [2.45, 2.75) is 38.7 Å². The van der Waals surface area contributed by atoms with E-state index in [0.717, 1.165) is 25.3 Å². The van der Waals surface area contributed by atoms with Gasteiger partial charge >= 0.3 is 0 Å². The molecule has 20 heavy (non-hydrogen) atoms. The summed E-state index contributed by atoms with van der Waals surface area (Å²) in [5, 5.41) is 0. The van der Waals surface area contributed by atoms with Crippen LogP contribution < -0.4 is 4.74 Å². The van der Waals surface area contributed by atoms with E-state index in [9.17, 15) is 4.79 Å². The van der Waals surface area contributed by atoms with E-state index in [1.54, 1.807) is 0 Å². The topological polar surface area (TPSA) is 29.5 Å². The van der Waals surface area contributed by atoms with Gasteiger partial charge in [0, 0.05) is 5.92 Å². The average Bonchev–Trinajstić information content (AvgIpc) is 3.08.